The molecule has 2 aromatic carbocycles. The second kappa shape index (κ2) is 12.4. The molecule has 0 fully saturated rings. The Hall–Kier alpha value is -3.50. The Morgan fingerprint density at radius 2 is 1.71 bits per heavy atom. The molecule has 1 amide bonds. The molecule has 0 N–H and O–H groups in total. The third-order valence-electron chi connectivity index (χ3n) is 5.98. The molecule has 0 aliphatic heterocycles. The summed E-state index contributed by atoms with van der Waals surface area (Å²) in [7, 11) is 2.30. The van der Waals surface area contributed by atoms with Crippen molar-refractivity contribution in [1.29, 1.82) is 0 Å². The summed E-state index contributed by atoms with van der Waals surface area (Å²) in [6.45, 7) is 3.97. The minimum absolute atomic E-state index is 0.0693. The summed E-state index contributed by atoms with van der Waals surface area (Å²) >= 11 is 6.54. The van der Waals surface area contributed by atoms with E-state index in [2.05, 4.69) is 4.98 Å². The van der Waals surface area contributed by atoms with Crippen molar-refractivity contribution >= 4 is 38.9 Å². The van der Waals surface area contributed by atoms with Gasteiger partial charge in [-0.3, -0.25) is 14.1 Å². The lowest BCUT2D eigenvalue weighted by atomic mass is 10.2. The summed E-state index contributed by atoms with van der Waals surface area (Å²) in [5.74, 6) is 0.241. The number of sulfonamides is 1. The maximum atomic E-state index is 14.1. The van der Waals surface area contributed by atoms with Crippen LogP contribution in [-0.2, 0) is 21.4 Å². The number of amides is 1. The topological polar surface area (TPSA) is 92.3 Å². The first-order chi connectivity index (χ1) is 18.0. The number of ether oxygens (including phenoxy) is 2. The second-order valence-corrected chi connectivity index (χ2v) is 11.1. The molecule has 1 aromatic heterocycles. The van der Waals surface area contributed by atoms with Crippen LogP contribution in [0.4, 0.5) is 11.4 Å². The van der Waals surface area contributed by atoms with Gasteiger partial charge in [-0.2, -0.15) is 0 Å². The third kappa shape index (κ3) is 6.49. The van der Waals surface area contributed by atoms with Crippen molar-refractivity contribution in [1.82, 2.24) is 9.88 Å². The highest BCUT2D eigenvalue weighted by molar-refractivity contribution is 7.92. The molecule has 0 bridgehead atoms. The van der Waals surface area contributed by atoms with E-state index in [1.807, 2.05) is 38.9 Å². The molecule has 0 unspecified atom stereocenters. The fourth-order valence-corrected chi connectivity index (χ4v) is 5.61. The fourth-order valence-electron chi connectivity index (χ4n) is 3.90. The molecule has 0 radical (unpaired) electrons. The van der Waals surface area contributed by atoms with E-state index in [1.165, 1.54) is 32.4 Å². The van der Waals surface area contributed by atoms with Gasteiger partial charge >= 0.3 is 0 Å². The molecule has 9 nitrogen and oxygen atoms in total. The quantitative estimate of drug-likeness (QED) is 0.344. The highest BCUT2D eigenvalue weighted by atomic mass is 35.5. The Balaban J connectivity index is 2.09. The predicted molar refractivity (Wildman–Crippen MR) is 150 cm³/mol. The minimum atomic E-state index is -4.26. The second-order valence-electron chi connectivity index (χ2n) is 8.84. The average molecular weight is 561 g/mol. The molecule has 0 atom stereocenters. The van der Waals surface area contributed by atoms with Gasteiger partial charge in [-0.15, -0.1) is 0 Å². The van der Waals surface area contributed by atoms with E-state index >= 15 is 0 Å². The third-order valence-corrected chi connectivity index (χ3v) is 8.05. The number of halogens is 1. The number of hydrogen-bond donors (Lipinski definition) is 0. The van der Waals surface area contributed by atoms with Crippen molar-refractivity contribution in [3.63, 3.8) is 0 Å². The van der Waals surface area contributed by atoms with Gasteiger partial charge in [0.1, 0.15) is 6.54 Å². The Morgan fingerprint density at radius 3 is 2.32 bits per heavy atom. The minimum Gasteiger partial charge on any atom is -0.493 e. The van der Waals surface area contributed by atoms with E-state index in [4.69, 9.17) is 21.1 Å². The summed E-state index contributed by atoms with van der Waals surface area (Å²) < 4.78 is 39.7. The molecule has 1 heterocycles. The van der Waals surface area contributed by atoms with Crippen LogP contribution in [0.5, 0.6) is 11.5 Å². The van der Waals surface area contributed by atoms with Gasteiger partial charge in [0.2, 0.25) is 5.91 Å². The van der Waals surface area contributed by atoms with Gasteiger partial charge in [-0.1, -0.05) is 17.7 Å². The van der Waals surface area contributed by atoms with Crippen LogP contribution in [0.25, 0.3) is 0 Å². The first kappa shape index (κ1) is 29.1. The molecule has 0 spiro atoms. The van der Waals surface area contributed by atoms with E-state index in [1.54, 1.807) is 35.5 Å². The largest absolute Gasteiger partial charge is 0.493 e. The Bertz CT molecular complexity index is 1400. The summed E-state index contributed by atoms with van der Waals surface area (Å²) in [6.07, 6.45) is 3.43. The van der Waals surface area contributed by atoms with Crippen molar-refractivity contribution in [3.05, 3.63) is 71.0 Å². The maximum Gasteiger partial charge on any atom is 0.264 e. The lowest BCUT2D eigenvalue weighted by Crippen LogP contribution is -2.43. The molecule has 0 aliphatic rings. The van der Waals surface area contributed by atoms with E-state index in [0.29, 0.717) is 18.8 Å². The maximum absolute atomic E-state index is 14.1. The van der Waals surface area contributed by atoms with Gasteiger partial charge in [0.05, 0.1) is 29.8 Å². The number of aryl methyl sites for hydroxylation is 1. The van der Waals surface area contributed by atoms with Crippen molar-refractivity contribution in [2.75, 3.05) is 50.6 Å². The zero-order valence-electron chi connectivity index (χ0n) is 22.4. The highest BCUT2D eigenvalue weighted by Gasteiger charge is 2.31. The van der Waals surface area contributed by atoms with E-state index in [0.717, 1.165) is 21.1 Å². The van der Waals surface area contributed by atoms with Crippen molar-refractivity contribution in [3.8, 4) is 11.5 Å². The Kier molecular flexibility index (Phi) is 9.45. The van der Waals surface area contributed by atoms with Crippen LogP contribution >= 0.6 is 11.6 Å². The molecule has 3 aromatic rings. The molecule has 0 aliphatic carbocycles. The van der Waals surface area contributed by atoms with Crippen molar-refractivity contribution < 1.29 is 22.7 Å². The van der Waals surface area contributed by atoms with Crippen LogP contribution in [-0.4, -0.2) is 65.6 Å². The number of nitrogens with zero attached hydrogens (tertiary/aromatic N) is 4. The number of hydrogen-bond acceptors (Lipinski definition) is 7. The molecule has 0 saturated carbocycles. The van der Waals surface area contributed by atoms with Gasteiger partial charge in [0, 0.05) is 51.3 Å². The lowest BCUT2D eigenvalue weighted by Gasteiger charge is -2.29. The molecular weight excluding hydrogens is 528 g/mol. The molecule has 38 heavy (non-hydrogen) atoms. The standard InChI is InChI=1S/C27H33ClN4O5S/c1-7-31(17-20-12-19(2)15-29-16-20)27(33)18-32(24-13-21(30(3)4)8-10-23(24)28)38(34,35)22-9-11-25(36-5)26(14-22)37-6/h8-16H,7,17-18H2,1-6H3. The highest BCUT2D eigenvalue weighted by Crippen LogP contribution is 2.36. The Morgan fingerprint density at radius 1 is 1.00 bits per heavy atom. The SMILES string of the molecule is CCN(Cc1cncc(C)c1)C(=O)CN(c1cc(N(C)C)ccc1Cl)S(=O)(=O)c1ccc(OC)c(OC)c1. The zero-order valence-corrected chi connectivity index (χ0v) is 24.0. The summed E-state index contributed by atoms with van der Waals surface area (Å²) in [5, 5.41) is 0.193. The smallest absolute Gasteiger partial charge is 0.264 e. The number of carbonyl (C=O) groups is 1. The number of aromatic nitrogens is 1. The van der Waals surface area contributed by atoms with Gasteiger partial charge < -0.3 is 19.3 Å². The summed E-state index contributed by atoms with van der Waals surface area (Å²) in [6, 6.07) is 11.3. The summed E-state index contributed by atoms with van der Waals surface area (Å²) in [4.78, 5) is 21.1. The van der Waals surface area contributed by atoms with Crippen molar-refractivity contribution in [2.45, 2.75) is 25.3 Å². The molecular formula is C27H33ClN4O5S. The Labute approximate surface area is 229 Å². The molecule has 0 saturated heterocycles. The number of benzene rings is 2. The number of carbonyl (C=O) groups excluding carboxylic acids is 1. The first-order valence-corrected chi connectivity index (χ1v) is 13.7. The van der Waals surface area contributed by atoms with Gasteiger partial charge in [-0.25, -0.2) is 8.42 Å². The molecule has 204 valence electrons. The van der Waals surface area contributed by atoms with Gasteiger partial charge in [0.15, 0.2) is 11.5 Å². The molecule has 11 heteroatoms. The van der Waals surface area contributed by atoms with E-state index in [-0.39, 0.29) is 27.3 Å². The summed E-state index contributed by atoms with van der Waals surface area (Å²) in [5.41, 5.74) is 2.73. The number of anilines is 2. The fraction of sp³-hybridized carbons (Fsp3) is 0.333. The van der Waals surface area contributed by atoms with Crippen molar-refractivity contribution in [2.24, 2.45) is 0 Å². The van der Waals surface area contributed by atoms with Crippen LogP contribution in [0.15, 0.2) is 59.8 Å². The number of pyridine rings is 1. The number of likely N-dealkylation sites (N-methyl/N-ethyl adjacent to an activating group) is 1. The monoisotopic (exact) mass is 560 g/mol. The van der Waals surface area contributed by atoms with Crippen LogP contribution < -0.4 is 18.7 Å². The van der Waals surface area contributed by atoms with E-state index in [9.17, 15) is 13.2 Å². The average Bonchev–Trinajstić information content (AvgIpc) is 2.90. The first-order valence-electron chi connectivity index (χ1n) is 11.9. The zero-order chi connectivity index (χ0) is 28.0. The van der Waals surface area contributed by atoms with Gasteiger partial charge in [-0.05, 0) is 55.3 Å². The number of methoxy groups -OCH3 is 2. The van der Waals surface area contributed by atoms with Gasteiger partial charge in [0.25, 0.3) is 10.0 Å². The van der Waals surface area contributed by atoms with Crippen LogP contribution in [0, 0.1) is 6.92 Å². The lowest BCUT2D eigenvalue weighted by molar-refractivity contribution is -0.129. The van der Waals surface area contributed by atoms with Crippen LogP contribution in [0.1, 0.15) is 18.1 Å². The molecule has 3 rings (SSSR count). The predicted octanol–water partition coefficient (Wildman–Crippen LogP) is 4.37. The van der Waals surface area contributed by atoms with Crippen LogP contribution in [0.2, 0.25) is 5.02 Å². The number of rotatable bonds is 11. The normalized spacial score (nSPS) is 11.1. The van der Waals surface area contributed by atoms with Crippen LogP contribution in [0.3, 0.4) is 0 Å². The van der Waals surface area contributed by atoms with E-state index < -0.39 is 16.6 Å².